The van der Waals surface area contributed by atoms with Crippen LogP contribution >= 0.6 is 11.6 Å². The third kappa shape index (κ3) is 17.7. The van der Waals surface area contributed by atoms with E-state index in [9.17, 15) is 71.9 Å². The van der Waals surface area contributed by atoms with Crippen LogP contribution in [-0.2, 0) is 60.8 Å². The molecule has 0 spiro atoms. The van der Waals surface area contributed by atoms with E-state index >= 15 is 0 Å². The van der Waals surface area contributed by atoms with E-state index in [2.05, 4.69) is 68.8 Å². The zero-order valence-corrected chi connectivity index (χ0v) is 63.4. The van der Waals surface area contributed by atoms with E-state index in [4.69, 9.17) is 20.0 Å². The van der Waals surface area contributed by atoms with E-state index < -0.39 is 86.9 Å². The SMILES string of the molecule is CN(C(=O)CCl)c1ccc2c(c1)OC(F)(F)O2.Cc1ccc(S(=O)(=O)Oc2nn(CC(=O)N(C)c3ccc4c(c3)OC(F)(F)O4)c(=O)c3nc[nH]c23)cc1.Cc1ccc(S(=O)(=O)Oc2nn(CC(=O)N(C)c3ccc4c(c3)OC(F)(F)O4)c(=O)c3ncn(Cc4ccccc4)c23)cc1.Cc1n[nH]c(=O)c2ncn(Cc3ccccc3)c12. The summed E-state index contributed by atoms with van der Waals surface area (Å²) in [4.78, 5) is 93.4. The number of carbonyl (C=O) groups is 3. The summed E-state index contributed by atoms with van der Waals surface area (Å²) in [7, 11) is -4.58. The number of aromatic nitrogens is 12. The lowest BCUT2D eigenvalue weighted by molar-refractivity contribution is -0.287. The molecule has 33 nitrogen and oxygen atoms in total. The Kier molecular flexibility index (Phi) is 22.1. The molecule has 0 saturated heterocycles. The molecule has 0 radical (unpaired) electrons. The van der Waals surface area contributed by atoms with Gasteiger partial charge in [-0.15, -0.1) is 48.1 Å². The number of hydrogen-bond acceptors (Lipinski definition) is 24. The number of alkyl halides is 7. The quantitative estimate of drug-likeness (QED) is 0.0458. The molecule has 6 aromatic heterocycles. The Morgan fingerprint density at radius 2 is 0.871 bits per heavy atom. The van der Waals surface area contributed by atoms with Crippen LogP contribution in [0.15, 0.2) is 207 Å². The highest BCUT2D eigenvalue weighted by Crippen LogP contribution is 2.46. The van der Waals surface area contributed by atoms with Crippen molar-refractivity contribution < 1.29 is 94.3 Å². The van der Waals surface area contributed by atoms with Crippen molar-refractivity contribution >= 4 is 99.7 Å². The zero-order chi connectivity index (χ0) is 82.9. The van der Waals surface area contributed by atoms with E-state index in [-0.39, 0.29) is 102 Å². The number of rotatable bonds is 18. The lowest BCUT2D eigenvalue weighted by Gasteiger charge is -2.18. The molecule has 3 amide bonds. The average Bonchev–Trinajstić information content (AvgIpc) is 1.55. The number of benzene rings is 7. The second kappa shape index (κ2) is 32.0. The molecule has 3 aliphatic rings. The number of hydrogen-bond donors (Lipinski definition) is 2. The van der Waals surface area contributed by atoms with Gasteiger partial charge in [0.1, 0.15) is 39.8 Å². The number of nitrogens with zero attached hydrogens (tertiary/aromatic N) is 13. The van der Waals surface area contributed by atoms with Gasteiger partial charge >= 0.3 is 39.1 Å². The Bertz CT molecular complexity index is 6400. The number of aryl methyl sites for hydroxylation is 3. The highest BCUT2D eigenvalue weighted by atomic mass is 35.5. The first-order chi connectivity index (χ1) is 55.0. The van der Waals surface area contributed by atoms with Crippen molar-refractivity contribution in [1.82, 2.24) is 58.8 Å². The van der Waals surface area contributed by atoms with Crippen molar-refractivity contribution in [2.45, 2.75) is 75.6 Å². The van der Waals surface area contributed by atoms with Crippen molar-refractivity contribution in [3.8, 4) is 46.3 Å². The Balaban J connectivity index is 0.000000145. The van der Waals surface area contributed by atoms with Crippen LogP contribution in [0.5, 0.6) is 46.3 Å². The lowest BCUT2D eigenvalue weighted by Crippen LogP contribution is -2.35. The maximum atomic E-state index is 13.5. The van der Waals surface area contributed by atoms with E-state index in [1.54, 1.807) is 44.4 Å². The minimum absolute atomic E-state index is 0.0169. The van der Waals surface area contributed by atoms with Crippen LogP contribution in [-0.4, -0.2) is 139 Å². The molecule has 2 N–H and O–H groups in total. The van der Waals surface area contributed by atoms with Crippen molar-refractivity contribution in [2.75, 3.05) is 41.7 Å². The predicted octanol–water partition coefficient (Wildman–Crippen LogP) is 9.57. The maximum Gasteiger partial charge on any atom is 0.586 e. The van der Waals surface area contributed by atoms with Gasteiger partial charge in [0, 0.05) is 69.5 Å². The number of amides is 3. The number of H-pyrrole nitrogens is 2. The molecule has 0 unspecified atom stereocenters. The third-order valence-electron chi connectivity index (χ3n) is 17.4. The lowest BCUT2D eigenvalue weighted by atomic mass is 10.2. The second-order valence-corrected chi connectivity index (χ2v) is 28.9. The highest BCUT2D eigenvalue weighted by Gasteiger charge is 2.46. The van der Waals surface area contributed by atoms with Crippen LogP contribution in [0.1, 0.15) is 27.9 Å². The standard InChI is InChI=1S/C29H23F2N5O7S.C22H17F2N5O7S.C13H12N4O.C10H8ClF2NO3/c1-18-8-11-21(12-9-18)44(39,40)43-27-26-25(32-17-35(26)15-19-6-4-3-5-7-19)28(38)36(33-27)16-24(37)34(2)20-10-13-22-23(14-20)42-29(30,31)41-22;1-12-3-6-14(7-4-12)37(32,33)36-20-18-19(26-11-25-18)21(31)29(27-20)10-17(30)28(2)13-5-8-15-16(9-13)35-22(23,24)34-15;1-9-12-11(13(18)16-15-9)14-8-17(12)7-10-5-3-2-4-6-10;1-14(9(15)5-11)6-2-3-7-8(4-6)17-10(12,13)16-7/h3-14,17H,15-16H2,1-2H3;3-9,11H,10H2,1-2H3,(H,25,26);2-6,8H,7H2,1H3,(H,16,18);2-4H,5H2,1H3. The van der Waals surface area contributed by atoms with Gasteiger partial charge in [0.25, 0.3) is 28.4 Å². The summed E-state index contributed by atoms with van der Waals surface area (Å²) in [6.07, 6.45) is -7.13. The largest absolute Gasteiger partial charge is 0.586 e. The summed E-state index contributed by atoms with van der Waals surface area (Å²) < 4.78 is 173. The molecule has 0 saturated carbocycles. The monoisotopic (exact) mass is 1660 g/mol. The average molecular weight is 1660 g/mol. The molecule has 116 heavy (non-hydrogen) atoms. The Hall–Kier alpha value is -13.8. The first-order valence-corrected chi connectivity index (χ1v) is 37.3. The summed E-state index contributed by atoms with van der Waals surface area (Å²) in [6.45, 7) is 5.04. The van der Waals surface area contributed by atoms with Gasteiger partial charge in [-0.2, -0.15) is 21.9 Å². The third-order valence-corrected chi connectivity index (χ3v) is 20.1. The normalized spacial score (nSPS) is 13.7. The van der Waals surface area contributed by atoms with Crippen LogP contribution in [0.2, 0.25) is 0 Å². The van der Waals surface area contributed by atoms with E-state index in [1.807, 2.05) is 72.2 Å². The molecule has 9 heterocycles. The Labute approximate surface area is 655 Å². The fourth-order valence-corrected chi connectivity index (χ4v) is 13.4. The molecule has 0 bridgehead atoms. The van der Waals surface area contributed by atoms with Crippen LogP contribution < -0.4 is 68.2 Å². The summed E-state index contributed by atoms with van der Waals surface area (Å²) >= 11 is 5.39. The van der Waals surface area contributed by atoms with Crippen molar-refractivity contribution in [1.29, 1.82) is 0 Å². The first kappa shape index (κ1) is 80.2. The minimum Gasteiger partial charge on any atom is -0.395 e. The molecule has 0 fully saturated rings. The summed E-state index contributed by atoms with van der Waals surface area (Å²) in [5.41, 5.74) is 4.15. The van der Waals surface area contributed by atoms with E-state index in [1.165, 1.54) is 116 Å². The number of carbonyl (C=O) groups excluding carboxylic acids is 3. The van der Waals surface area contributed by atoms with Crippen LogP contribution in [0.25, 0.3) is 33.1 Å². The summed E-state index contributed by atoms with van der Waals surface area (Å²) in [5.74, 6) is -4.01. The molecule has 7 aromatic carbocycles. The fourth-order valence-electron chi connectivity index (χ4n) is 11.5. The highest BCUT2D eigenvalue weighted by molar-refractivity contribution is 7.87. The number of imidazole rings is 3. The summed E-state index contributed by atoms with van der Waals surface area (Å²) in [6, 6.07) is 42.6. The van der Waals surface area contributed by atoms with Gasteiger partial charge in [-0.3, -0.25) is 28.8 Å². The molecular formula is C74H60ClF6N15O18S2. The van der Waals surface area contributed by atoms with Crippen LogP contribution in [0.4, 0.5) is 43.4 Å². The van der Waals surface area contributed by atoms with Gasteiger partial charge < -0.3 is 65.6 Å². The molecule has 13 aromatic rings. The molecule has 3 aliphatic heterocycles. The topological polar surface area (TPSA) is 383 Å². The molecular weight excluding hydrogens is 1600 g/mol. The summed E-state index contributed by atoms with van der Waals surface area (Å²) in [5, 5.41) is 14.5. The van der Waals surface area contributed by atoms with Crippen molar-refractivity contribution in [3.63, 3.8) is 0 Å². The van der Waals surface area contributed by atoms with Gasteiger partial charge in [-0.25, -0.2) is 29.4 Å². The zero-order valence-electron chi connectivity index (χ0n) is 61.0. The molecule has 42 heteroatoms. The number of halogens is 7. The number of fused-ring (bicyclic) bond motifs is 6. The van der Waals surface area contributed by atoms with Gasteiger partial charge in [-0.05, 0) is 92.6 Å². The number of ether oxygens (including phenoxy) is 6. The number of nitrogens with one attached hydrogen (secondary N) is 2. The Morgan fingerprint density at radius 3 is 1.31 bits per heavy atom. The van der Waals surface area contributed by atoms with Crippen LogP contribution in [0, 0.1) is 20.8 Å². The fraction of sp³-hybridized carbons (Fsp3) is 0.189. The van der Waals surface area contributed by atoms with Crippen molar-refractivity contribution in [3.05, 3.63) is 242 Å². The smallest absolute Gasteiger partial charge is 0.395 e. The van der Waals surface area contributed by atoms with E-state index in [0.717, 1.165) is 54.3 Å². The van der Waals surface area contributed by atoms with Gasteiger partial charge in [0.05, 0.1) is 30.2 Å². The maximum absolute atomic E-state index is 13.5. The van der Waals surface area contributed by atoms with Gasteiger partial charge in [0.15, 0.2) is 51.0 Å². The predicted molar refractivity (Wildman–Crippen MR) is 401 cm³/mol. The second-order valence-electron chi connectivity index (χ2n) is 25.5. The minimum atomic E-state index is -4.42. The van der Waals surface area contributed by atoms with Crippen LogP contribution in [0.3, 0.4) is 0 Å². The molecule has 16 rings (SSSR count). The molecule has 0 atom stereocenters. The number of likely N-dealkylation sites (N-methyl/N-ethyl adjacent to an activating group) is 2. The number of aromatic amines is 2. The van der Waals surface area contributed by atoms with E-state index in [0.29, 0.717) is 22.4 Å². The number of anilines is 3. The van der Waals surface area contributed by atoms with Gasteiger partial charge in [-0.1, -0.05) is 96.1 Å². The Morgan fingerprint density at radius 1 is 0.483 bits per heavy atom. The molecule has 0 aliphatic carbocycles. The first-order valence-electron chi connectivity index (χ1n) is 34.0. The van der Waals surface area contributed by atoms with Gasteiger partial charge in [0.2, 0.25) is 17.7 Å². The molecule has 600 valence electrons. The van der Waals surface area contributed by atoms with Crippen molar-refractivity contribution in [2.24, 2.45) is 0 Å².